The van der Waals surface area contributed by atoms with Crippen molar-refractivity contribution < 1.29 is 38.6 Å². The zero-order chi connectivity index (χ0) is 14.5. The molecule has 0 saturated carbocycles. The van der Waals surface area contributed by atoms with E-state index in [2.05, 4.69) is 36.2 Å². The molecule has 0 aliphatic carbocycles. The monoisotopic (exact) mass is 364 g/mol. The van der Waals surface area contributed by atoms with Gasteiger partial charge in [0, 0.05) is 32.0 Å². The molecular formula is C3H3Cl3F4O5S2. The molecule has 0 amide bonds. The van der Waals surface area contributed by atoms with Gasteiger partial charge < -0.3 is 0 Å². The van der Waals surface area contributed by atoms with Crippen LogP contribution in [0.15, 0.2) is 0 Å². The molecule has 0 radical (unpaired) electrons. The third-order valence-corrected chi connectivity index (χ3v) is 1.38. The molecule has 17 heavy (non-hydrogen) atoms. The van der Waals surface area contributed by atoms with Crippen molar-refractivity contribution in [1.82, 2.24) is 0 Å². The predicted octanol–water partition coefficient (Wildman–Crippen LogP) is 2.10. The van der Waals surface area contributed by atoms with E-state index in [0.717, 1.165) is 0 Å². The minimum absolute atomic E-state index is 1.96. The molecule has 0 aromatic heterocycles. The first kappa shape index (κ1) is 19.8. The van der Waals surface area contributed by atoms with Gasteiger partial charge in [-0.2, -0.15) is 25.6 Å². The maximum atomic E-state index is 11.9. The highest BCUT2D eigenvalue weighted by molar-refractivity contribution is 8.31. The zero-order valence-electron chi connectivity index (χ0n) is 7.29. The SMILES string of the molecule is O=S(=O)(Cl)Cl.O=S(=O)(Cl)OCC(F)(F)C(F)F. The predicted molar refractivity (Wildman–Crippen MR) is 52.3 cm³/mol. The first-order valence-electron chi connectivity index (χ1n) is 3.04. The van der Waals surface area contributed by atoms with Crippen LogP contribution in [-0.2, 0) is 21.8 Å². The molecule has 14 heteroatoms. The fourth-order valence-corrected chi connectivity index (χ4v) is 0.643. The Bertz CT molecular complexity index is 412. The zero-order valence-corrected chi connectivity index (χ0v) is 11.2. The largest absolute Gasteiger partial charge is 0.355 e. The number of hydrogen-bond acceptors (Lipinski definition) is 5. The quantitative estimate of drug-likeness (QED) is 0.563. The minimum atomic E-state index is -4.63. The Morgan fingerprint density at radius 3 is 1.53 bits per heavy atom. The lowest BCUT2D eigenvalue weighted by Gasteiger charge is -2.12. The standard InChI is InChI=1S/C3H3ClF4O3S.Cl2O2S/c4-12(9,10)11-1-3(7,8)2(5)6;1-5(2,3)4/h2H,1H2;. The molecule has 0 unspecified atom stereocenters. The fraction of sp³-hybridized carbons (Fsp3) is 1.00. The normalized spacial score (nSPS) is 13.2. The average molecular weight is 366 g/mol. The summed E-state index contributed by atoms with van der Waals surface area (Å²) in [5.74, 6) is -4.51. The molecule has 106 valence electrons. The van der Waals surface area contributed by atoms with E-state index in [9.17, 15) is 26.0 Å². The summed E-state index contributed by atoms with van der Waals surface area (Å²) in [6, 6.07) is 0. The van der Waals surface area contributed by atoms with Gasteiger partial charge in [0.05, 0.1) is 0 Å². The van der Waals surface area contributed by atoms with Crippen LogP contribution in [0.3, 0.4) is 0 Å². The molecule has 0 bridgehead atoms. The van der Waals surface area contributed by atoms with Gasteiger partial charge in [-0.25, -0.2) is 8.78 Å². The van der Waals surface area contributed by atoms with Gasteiger partial charge in [-0.05, 0) is 0 Å². The summed E-state index contributed by atoms with van der Waals surface area (Å²) in [4.78, 5) is 0. The van der Waals surface area contributed by atoms with Gasteiger partial charge in [0.2, 0.25) is 0 Å². The molecule has 0 rings (SSSR count). The van der Waals surface area contributed by atoms with Crippen LogP contribution < -0.4 is 0 Å². The van der Waals surface area contributed by atoms with Crippen molar-refractivity contribution >= 4 is 49.6 Å². The number of alkyl halides is 4. The molecule has 0 aromatic rings. The molecule has 0 aromatic carbocycles. The van der Waals surface area contributed by atoms with E-state index >= 15 is 0 Å². The van der Waals surface area contributed by atoms with Crippen LogP contribution >= 0.6 is 32.0 Å². The lowest BCUT2D eigenvalue weighted by Crippen LogP contribution is -2.32. The lowest BCUT2D eigenvalue weighted by molar-refractivity contribution is -0.147. The van der Waals surface area contributed by atoms with E-state index in [1.54, 1.807) is 0 Å². The first-order valence-corrected chi connectivity index (χ1v) is 8.41. The third kappa shape index (κ3) is 19.0. The highest BCUT2D eigenvalue weighted by atomic mass is 36.0. The maximum Gasteiger partial charge on any atom is 0.355 e. The van der Waals surface area contributed by atoms with Gasteiger partial charge in [0.25, 0.3) is 0 Å². The summed E-state index contributed by atoms with van der Waals surface area (Å²) < 4.78 is 87.7. The van der Waals surface area contributed by atoms with Gasteiger partial charge >= 0.3 is 29.9 Å². The molecule has 0 fully saturated rings. The lowest BCUT2D eigenvalue weighted by atomic mass is 10.4. The minimum Gasteiger partial charge on any atom is -0.251 e. The summed E-state index contributed by atoms with van der Waals surface area (Å²) >= 11 is 0. The third-order valence-electron chi connectivity index (χ3n) is 0.711. The summed E-state index contributed by atoms with van der Waals surface area (Å²) in [7, 11) is 4.50. The maximum absolute atomic E-state index is 11.9. The molecule has 0 atom stereocenters. The van der Waals surface area contributed by atoms with Crippen LogP contribution in [0, 0.1) is 0 Å². The van der Waals surface area contributed by atoms with Crippen molar-refractivity contribution in [3.05, 3.63) is 0 Å². The Labute approximate surface area is 107 Å². The molecule has 0 heterocycles. The summed E-state index contributed by atoms with van der Waals surface area (Å²) in [5.41, 5.74) is 0. The Hall–Kier alpha value is 0.450. The van der Waals surface area contributed by atoms with Gasteiger partial charge in [-0.3, -0.25) is 4.18 Å². The molecule has 0 spiro atoms. The van der Waals surface area contributed by atoms with Crippen LogP contribution in [-0.4, -0.2) is 35.8 Å². The topological polar surface area (TPSA) is 77.5 Å². The van der Waals surface area contributed by atoms with Crippen LogP contribution in [0.2, 0.25) is 0 Å². The van der Waals surface area contributed by atoms with E-state index in [1.807, 2.05) is 0 Å². The second-order valence-electron chi connectivity index (χ2n) is 2.10. The van der Waals surface area contributed by atoms with Gasteiger partial charge in [-0.15, -0.1) is 0 Å². The van der Waals surface area contributed by atoms with E-state index in [1.165, 1.54) is 0 Å². The Kier molecular flexibility index (Phi) is 8.31. The van der Waals surface area contributed by atoms with Crippen molar-refractivity contribution in [3.63, 3.8) is 0 Å². The fourth-order valence-electron chi connectivity index (χ4n) is 0.212. The molecular weight excluding hydrogens is 363 g/mol. The second kappa shape index (κ2) is 7.14. The Morgan fingerprint density at radius 1 is 1.06 bits per heavy atom. The van der Waals surface area contributed by atoms with Gasteiger partial charge in [0.15, 0.2) is 0 Å². The Balaban J connectivity index is 0. The van der Waals surface area contributed by atoms with E-state index in [0.29, 0.717) is 0 Å². The first-order chi connectivity index (χ1) is 7.15. The average Bonchev–Trinajstić information content (AvgIpc) is 1.96. The summed E-state index contributed by atoms with van der Waals surface area (Å²) in [6.07, 6.45) is -3.99. The smallest absolute Gasteiger partial charge is 0.251 e. The van der Waals surface area contributed by atoms with Crippen molar-refractivity contribution in [1.29, 1.82) is 0 Å². The van der Waals surface area contributed by atoms with Crippen molar-refractivity contribution in [2.24, 2.45) is 0 Å². The molecule has 5 nitrogen and oxygen atoms in total. The highest BCUT2D eigenvalue weighted by Gasteiger charge is 2.42. The number of hydrogen-bond donors (Lipinski definition) is 0. The molecule has 0 aliphatic heterocycles. The van der Waals surface area contributed by atoms with Gasteiger partial charge in [-0.1, -0.05) is 0 Å². The van der Waals surface area contributed by atoms with Crippen molar-refractivity contribution in [3.8, 4) is 0 Å². The van der Waals surface area contributed by atoms with Crippen LogP contribution in [0.5, 0.6) is 0 Å². The number of halogens is 7. The molecule has 0 saturated heterocycles. The van der Waals surface area contributed by atoms with Crippen molar-refractivity contribution in [2.45, 2.75) is 12.3 Å². The Morgan fingerprint density at radius 2 is 1.35 bits per heavy atom. The molecule has 0 N–H and O–H groups in total. The van der Waals surface area contributed by atoms with Crippen LogP contribution in [0.25, 0.3) is 0 Å². The van der Waals surface area contributed by atoms with Gasteiger partial charge in [0.1, 0.15) is 6.61 Å². The summed E-state index contributed by atoms with van der Waals surface area (Å²) in [6.45, 7) is -1.96. The summed E-state index contributed by atoms with van der Waals surface area (Å²) in [5, 5.41) is 0. The highest BCUT2D eigenvalue weighted by Crippen LogP contribution is 2.23. The van der Waals surface area contributed by atoms with Crippen molar-refractivity contribution in [2.75, 3.05) is 6.61 Å². The van der Waals surface area contributed by atoms with Crippen LogP contribution in [0.4, 0.5) is 17.6 Å². The van der Waals surface area contributed by atoms with E-state index in [4.69, 9.17) is 8.42 Å². The molecule has 0 aliphatic rings. The second-order valence-corrected chi connectivity index (χ2v) is 7.92. The van der Waals surface area contributed by atoms with E-state index in [-0.39, 0.29) is 0 Å². The van der Waals surface area contributed by atoms with Crippen LogP contribution in [0.1, 0.15) is 0 Å². The number of rotatable bonds is 4. The van der Waals surface area contributed by atoms with E-state index < -0.39 is 36.6 Å².